The first-order valence-electron chi connectivity index (χ1n) is 8.99. The number of hydrogen-bond donors (Lipinski definition) is 2. The van der Waals surface area contributed by atoms with E-state index in [1.165, 1.54) is 38.5 Å². The van der Waals surface area contributed by atoms with Crippen molar-refractivity contribution in [2.24, 2.45) is 0 Å². The Morgan fingerprint density at radius 3 is 2.33 bits per heavy atom. The van der Waals surface area contributed by atoms with E-state index in [1.54, 1.807) is 12.1 Å². The molecule has 0 aliphatic carbocycles. The highest BCUT2D eigenvalue weighted by atomic mass is 32.2. The van der Waals surface area contributed by atoms with Crippen molar-refractivity contribution in [3.8, 4) is 11.5 Å². The SMILES string of the molecule is COc1ccc(S(=O)(=O)Nc2c(OC)cccc2C(=O)O)c(Cc2ccccc2)c1. The lowest BCUT2D eigenvalue weighted by Gasteiger charge is -2.17. The van der Waals surface area contributed by atoms with Crippen LogP contribution in [0.3, 0.4) is 0 Å². The van der Waals surface area contributed by atoms with Crippen molar-refractivity contribution in [2.45, 2.75) is 11.3 Å². The summed E-state index contributed by atoms with van der Waals surface area (Å²) in [5.74, 6) is -0.647. The summed E-state index contributed by atoms with van der Waals surface area (Å²) in [5, 5.41) is 9.46. The van der Waals surface area contributed by atoms with Gasteiger partial charge in [-0.15, -0.1) is 0 Å². The maximum Gasteiger partial charge on any atom is 0.337 e. The number of methoxy groups -OCH3 is 2. The summed E-state index contributed by atoms with van der Waals surface area (Å²) in [7, 11) is -1.28. The third-order valence-electron chi connectivity index (χ3n) is 4.51. The summed E-state index contributed by atoms with van der Waals surface area (Å²) in [6.45, 7) is 0. The molecule has 7 nitrogen and oxygen atoms in total. The molecule has 0 amide bonds. The lowest BCUT2D eigenvalue weighted by molar-refractivity contribution is 0.0697. The molecular formula is C22H21NO6S. The van der Waals surface area contributed by atoms with Crippen molar-refractivity contribution in [1.29, 1.82) is 0 Å². The molecule has 3 aromatic rings. The van der Waals surface area contributed by atoms with Crippen LogP contribution in [0.1, 0.15) is 21.5 Å². The molecule has 0 radical (unpaired) electrons. The topological polar surface area (TPSA) is 102 Å². The van der Waals surface area contributed by atoms with Crippen LogP contribution in [-0.2, 0) is 16.4 Å². The molecule has 0 bridgehead atoms. The van der Waals surface area contributed by atoms with E-state index in [9.17, 15) is 18.3 Å². The monoisotopic (exact) mass is 427 g/mol. The Labute approximate surface area is 174 Å². The van der Waals surface area contributed by atoms with Gasteiger partial charge in [-0.2, -0.15) is 0 Å². The first-order chi connectivity index (χ1) is 14.4. The fourth-order valence-corrected chi connectivity index (χ4v) is 4.39. The predicted molar refractivity (Wildman–Crippen MR) is 113 cm³/mol. The Bertz CT molecular complexity index is 1160. The molecule has 0 fully saturated rings. The molecular weight excluding hydrogens is 406 g/mol. The standard InChI is InChI=1S/C22H21NO6S/c1-28-17-11-12-20(16(14-17)13-15-7-4-3-5-8-15)30(26,27)23-21-18(22(24)25)9-6-10-19(21)29-2/h3-12,14,23H,13H2,1-2H3,(H,24,25). The van der Waals surface area contributed by atoms with Crippen molar-refractivity contribution >= 4 is 21.7 Å². The fraction of sp³-hybridized carbons (Fsp3) is 0.136. The van der Waals surface area contributed by atoms with Gasteiger partial charge in [0.25, 0.3) is 10.0 Å². The lowest BCUT2D eigenvalue weighted by atomic mass is 10.0. The molecule has 0 spiro atoms. The van der Waals surface area contributed by atoms with Crippen LogP contribution in [-0.4, -0.2) is 33.7 Å². The van der Waals surface area contributed by atoms with E-state index in [4.69, 9.17) is 9.47 Å². The van der Waals surface area contributed by atoms with Crippen LogP contribution < -0.4 is 14.2 Å². The second-order valence-corrected chi connectivity index (χ2v) is 8.08. The summed E-state index contributed by atoms with van der Waals surface area (Å²) >= 11 is 0. The Morgan fingerprint density at radius 1 is 0.967 bits per heavy atom. The number of sulfonamides is 1. The molecule has 3 rings (SSSR count). The number of aromatic carboxylic acids is 1. The zero-order chi connectivity index (χ0) is 21.7. The van der Waals surface area contributed by atoms with Crippen molar-refractivity contribution in [3.63, 3.8) is 0 Å². The number of rotatable bonds is 8. The van der Waals surface area contributed by atoms with E-state index >= 15 is 0 Å². The van der Waals surface area contributed by atoms with Gasteiger partial charge in [-0.3, -0.25) is 4.72 Å². The minimum absolute atomic E-state index is 0.0226. The molecule has 0 unspecified atom stereocenters. The fourth-order valence-electron chi connectivity index (χ4n) is 3.07. The van der Waals surface area contributed by atoms with Crippen LogP contribution in [0.5, 0.6) is 11.5 Å². The van der Waals surface area contributed by atoms with Gasteiger partial charge < -0.3 is 14.6 Å². The van der Waals surface area contributed by atoms with Gasteiger partial charge in [0.2, 0.25) is 0 Å². The predicted octanol–water partition coefficient (Wildman–Crippen LogP) is 3.79. The van der Waals surface area contributed by atoms with Crippen molar-refractivity contribution in [2.75, 3.05) is 18.9 Å². The van der Waals surface area contributed by atoms with Gasteiger partial charge in [0, 0.05) is 0 Å². The Kier molecular flexibility index (Phi) is 6.27. The molecule has 0 saturated heterocycles. The number of carboxylic acids is 1. The molecule has 0 atom stereocenters. The first kappa shape index (κ1) is 21.2. The molecule has 2 N–H and O–H groups in total. The number of para-hydroxylation sites is 1. The summed E-state index contributed by atoms with van der Waals surface area (Å²) in [6.07, 6.45) is 0.353. The van der Waals surface area contributed by atoms with Gasteiger partial charge in [-0.25, -0.2) is 13.2 Å². The number of anilines is 1. The van der Waals surface area contributed by atoms with Crippen LogP contribution in [0.15, 0.2) is 71.6 Å². The van der Waals surface area contributed by atoms with Crippen LogP contribution in [0.2, 0.25) is 0 Å². The highest BCUT2D eigenvalue weighted by molar-refractivity contribution is 7.92. The van der Waals surface area contributed by atoms with Crippen LogP contribution in [0, 0.1) is 0 Å². The van der Waals surface area contributed by atoms with Crippen LogP contribution in [0.25, 0.3) is 0 Å². The molecule has 156 valence electrons. The molecule has 8 heteroatoms. The smallest absolute Gasteiger partial charge is 0.337 e. The van der Waals surface area contributed by atoms with E-state index in [-0.39, 0.29) is 21.9 Å². The number of hydrogen-bond acceptors (Lipinski definition) is 5. The average Bonchev–Trinajstić information content (AvgIpc) is 2.74. The Morgan fingerprint density at radius 2 is 1.70 bits per heavy atom. The van der Waals surface area contributed by atoms with Gasteiger partial charge in [0.15, 0.2) is 0 Å². The zero-order valence-corrected chi connectivity index (χ0v) is 17.3. The number of carboxylic acid groups (broad SMARTS) is 1. The zero-order valence-electron chi connectivity index (χ0n) is 16.5. The first-order valence-corrected chi connectivity index (χ1v) is 10.5. The number of carbonyl (C=O) groups is 1. The number of benzene rings is 3. The minimum atomic E-state index is -4.13. The highest BCUT2D eigenvalue weighted by Gasteiger charge is 2.24. The average molecular weight is 427 g/mol. The summed E-state index contributed by atoms with van der Waals surface area (Å²) in [5.41, 5.74) is 1.09. The largest absolute Gasteiger partial charge is 0.497 e. The minimum Gasteiger partial charge on any atom is -0.497 e. The summed E-state index contributed by atoms with van der Waals surface area (Å²) in [4.78, 5) is 11.6. The lowest BCUT2D eigenvalue weighted by Crippen LogP contribution is -2.18. The van der Waals surface area contributed by atoms with Crippen LogP contribution >= 0.6 is 0 Å². The van der Waals surface area contributed by atoms with E-state index in [1.807, 2.05) is 30.3 Å². The van der Waals surface area contributed by atoms with E-state index in [0.29, 0.717) is 17.7 Å². The van der Waals surface area contributed by atoms with Crippen molar-refractivity contribution in [1.82, 2.24) is 0 Å². The molecule has 30 heavy (non-hydrogen) atoms. The molecule has 0 saturated carbocycles. The second-order valence-electron chi connectivity index (χ2n) is 6.43. The maximum absolute atomic E-state index is 13.3. The van der Waals surface area contributed by atoms with Crippen molar-refractivity contribution < 1.29 is 27.8 Å². The Hall–Kier alpha value is -3.52. The van der Waals surface area contributed by atoms with E-state index in [0.717, 1.165) is 5.56 Å². The molecule has 0 aliphatic heterocycles. The van der Waals surface area contributed by atoms with Crippen molar-refractivity contribution in [3.05, 3.63) is 83.4 Å². The quantitative estimate of drug-likeness (QED) is 0.567. The van der Waals surface area contributed by atoms with Gasteiger partial charge in [-0.1, -0.05) is 36.4 Å². The van der Waals surface area contributed by atoms with Gasteiger partial charge in [0.05, 0.1) is 24.7 Å². The third kappa shape index (κ3) is 4.55. The number of ether oxygens (including phenoxy) is 2. The molecule has 0 heterocycles. The Balaban J connectivity index is 2.08. The van der Waals surface area contributed by atoms with Crippen LogP contribution in [0.4, 0.5) is 5.69 Å². The normalized spacial score (nSPS) is 11.0. The maximum atomic E-state index is 13.3. The van der Waals surface area contributed by atoms with Gasteiger partial charge in [-0.05, 0) is 47.9 Å². The van der Waals surface area contributed by atoms with E-state index < -0.39 is 16.0 Å². The summed E-state index contributed by atoms with van der Waals surface area (Å²) < 4.78 is 39.3. The highest BCUT2D eigenvalue weighted by Crippen LogP contribution is 2.32. The molecule has 0 aliphatic rings. The second kappa shape index (κ2) is 8.87. The van der Waals surface area contributed by atoms with Gasteiger partial charge >= 0.3 is 5.97 Å². The van der Waals surface area contributed by atoms with Gasteiger partial charge in [0.1, 0.15) is 17.2 Å². The third-order valence-corrected chi connectivity index (χ3v) is 5.96. The van der Waals surface area contributed by atoms with E-state index in [2.05, 4.69) is 4.72 Å². The molecule has 0 aromatic heterocycles. The summed E-state index contributed by atoms with van der Waals surface area (Å²) in [6, 6.07) is 18.3. The molecule has 3 aromatic carbocycles. The number of nitrogens with one attached hydrogen (secondary N) is 1.